The summed E-state index contributed by atoms with van der Waals surface area (Å²) in [5.74, 6) is 1.17. The van der Waals surface area contributed by atoms with E-state index in [4.69, 9.17) is 4.74 Å². The summed E-state index contributed by atoms with van der Waals surface area (Å²) in [7, 11) is 0. The predicted molar refractivity (Wildman–Crippen MR) is 135 cm³/mol. The molecule has 0 heterocycles. The van der Waals surface area contributed by atoms with Crippen LogP contribution in [0.4, 0.5) is 0 Å². The third-order valence-corrected chi connectivity index (χ3v) is 5.93. The van der Waals surface area contributed by atoms with Crippen molar-refractivity contribution in [1.29, 1.82) is 0 Å². The van der Waals surface area contributed by atoms with E-state index in [1.54, 1.807) is 0 Å². The second-order valence-corrected chi connectivity index (χ2v) is 8.39. The molecule has 2 heteroatoms. The zero-order chi connectivity index (χ0) is 22.5. The highest BCUT2D eigenvalue weighted by Crippen LogP contribution is 2.33. The van der Waals surface area contributed by atoms with E-state index in [9.17, 15) is 5.11 Å². The molecule has 0 aromatic heterocycles. The summed E-state index contributed by atoms with van der Waals surface area (Å²) in [6.07, 6.45) is 1.48. The Hall–Kier alpha value is -4.04. The molecule has 0 aliphatic carbocycles. The van der Waals surface area contributed by atoms with Gasteiger partial charge in [-0.15, -0.1) is 0 Å². The van der Waals surface area contributed by atoms with Crippen molar-refractivity contribution < 1.29 is 9.84 Å². The topological polar surface area (TPSA) is 29.5 Å². The van der Waals surface area contributed by atoms with Crippen molar-refractivity contribution in [2.75, 3.05) is 0 Å². The quantitative estimate of drug-likeness (QED) is 0.293. The second-order valence-electron chi connectivity index (χ2n) is 8.39. The van der Waals surface area contributed by atoms with Crippen molar-refractivity contribution in [3.05, 3.63) is 143 Å². The van der Waals surface area contributed by atoms with Crippen LogP contribution in [0.1, 0.15) is 27.8 Å². The number of phenols is 1. The maximum atomic E-state index is 10.7. The van der Waals surface area contributed by atoms with E-state index in [-0.39, 0.29) is 0 Å². The molecule has 0 fully saturated rings. The zero-order valence-corrected chi connectivity index (χ0v) is 18.4. The number of benzene rings is 5. The van der Waals surface area contributed by atoms with Crippen LogP contribution in [0.15, 0.2) is 115 Å². The molecule has 0 unspecified atom stereocenters. The van der Waals surface area contributed by atoms with Gasteiger partial charge in [0.2, 0.25) is 0 Å². The lowest BCUT2D eigenvalue weighted by molar-refractivity contribution is 0.304. The molecule has 0 saturated heterocycles. The van der Waals surface area contributed by atoms with Gasteiger partial charge in [-0.2, -0.15) is 0 Å². The first-order valence-corrected chi connectivity index (χ1v) is 11.3. The van der Waals surface area contributed by atoms with Gasteiger partial charge in [0, 0.05) is 12.8 Å². The first-order valence-electron chi connectivity index (χ1n) is 11.3. The highest BCUT2D eigenvalue weighted by Gasteiger charge is 2.12. The molecule has 0 radical (unpaired) electrons. The summed E-state index contributed by atoms with van der Waals surface area (Å²) in [5.41, 5.74) is 5.62. The summed E-state index contributed by atoms with van der Waals surface area (Å²) >= 11 is 0. The van der Waals surface area contributed by atoms with Crippen molar-refractivity contribution in [2.24, 2.45) is 0 Å². The molecule has 2 nitrogen and oxygen atoms in total. The van der Waals surface area contributed by atoms with Crippen molar-refractivity contribution in [2.45, 2.75) is 19.4 Å². The van der Waals surface area contributed by atoms with Crippen molar-refractivity contribution in [3.63, 3.8) is 0 Å². The maximum absolute atomic E-state index is 10.7. The molecule has 162 valence electrons. The highest BCUT2D eigenvalue weighted by molar-refractivity contribution is 5.87. The molecule has 0 bridgehead atoms. The summed E-state index contributed by atoms with van der Waals surface area (Å²) < 4.78 is 6.29. The second kappa shape index (κ2) is 9.62. The number of hydrogen-bond acceptors (Lipinski definition) is 2. The van der Waals surface area contributed by atoms with Crippen LogP contribution in [0.3, 0.4) is 0 Å². The average molecular weight is 431 g/mol. The van der Waals surface area contributed by atoms with Gasteiger partial charge >= 0.3 is 0 Å². The van der Waals surface area contributed by atoms with E-state index < -0.39 is 0 Å². The third-order valence-electron chi connectivity index (χ3n) is 5.93. The van der Waals surface area contributed by atoms with Gasteiger partial charge < -0.3 is 9.84 Å². The highest BCUT2D eigenvalue weighted by atomic mass is 16.5. The smallest absolute Gasteiger partial charge is 0.123 e. The molecule has 0 aliphatic heterocycles. The van der Waals surface area contributed by atoms with E-state index in [0.29, 0.717) is 18.8 Å². The van der Waals surface area contributed by atoms with E-state index in [0.717, 1.165) is 39.6 Å². The molecule has 0 spiro atoms. The Kier molecular flexibility index (Phi) is 6.08. The number of fused-ring (bicyclic) bond motifs is 1. The van der Waals surface area contributed by atoms with Crippen LogP contribution < -0.4 is 4.74 Å². The van der Waals surface area contributed by atoms with Gasteiger partial charge in [0.15, 0.2) is 0 Å². The van der Waals surface area contributed by atoms with Crippen LogP contribution in [-0.4, -0.2) is 5.11 Å². The van der Waals surface area contributed by atoms with Crippen molar-refractivity contribution in [3.8, 4) is 11.5 Å². The van der Waals surface area contributed by atoms with Crippen LogP contribution in [0.2, 0.25) is 0 Å². The number of aromatic hydroxyl groups is 1. The fourth-order valence-electron chi connectivity index (χ4n) is 4.19. The Morgan fingerprint density at radius 2 is 1.00 bits per heavy atom. The Balaban J connectivity index is 1.52. The SMILES string of the molecule is Oc1cc2cc(OCc3ccccc3)c(Cc3ccccc3)cc2cc1Cc1ccccc1. The third kappa shape index (κ3) is 5.07. The van der Waals surface area contributed by atoms with Gasteiger partial charge in [0.1, 0.15) is 18.1 Å². The first-order chi connectivity index (χ1) is 16.2. The number of rotatable bonds is 7. The summed E-state index contributed by atoms with van der Waals surface area (Å²) in [6, 6.07) is 39.1. The van der Waals surface area contributed by atoms with Crippen LogP contribution in [0, 0.1) is 0 Å². The molecular formula is C31H26O2. The summed E-state index contributed by atoms with van der Waals surface area (Å²) in [6.45, 7) is 0.506. The minimum atomic E-state index is 0.316. The van der Waals surface area contributed by atoms with Crippen LogP contribution in [0.25, 0.3) is 10.8 Å². The molecule has 5 aromatic carbocycles. The Bertz CT molecular complexity index is 1340. The Labute approximate surface area is 194 Å². The van der Waals surface area contributed by atoms with Crippen molar-refractivity contribution >= 4 is 10.8 Å². The van der Waals surface area contributed by atoms with Crippen LogP contribution in [-0.2, 0) is 19.4 Å². The lowest BCUT2D eigenvalue weighted by Gasteiger charge is -2.15. The number of hydrogen-bond donors (Lipinski definition) is 1. The number of ether oxygens (including phenoxy) is 1. The van der Waals surface area contributed by atoms with Gasteiger partial charge in [-0.1, -0.05) is 91.0 Å². The number of phenolic OH excluding ortho intramolecular Hbond substituents is 1. The molecular weight excluding hydrogens is 404 g/mol. The van der Waals surface area contributed by atoms with E-state index in [1.807, 2.05) is 48.5 Å². The predicted octanol–water partition coefficient (Wildman–Crippen LogP) is 7.31. The van der Waals surface area contributed by atoms with Gasteiger partial charge in [-0.25, -0.2) is 0 Å². The molecule has 0 aliphatic rings. The molecule has 0 atom stereocenters. The zero-order valence-electron chi connectivity index (χ0n) is 18.4. The minimum Gasteiger partial charge on any atom is -0.508 e. The Morgan fingerprint density at radius 3 is 1.61 bits per heavy atom. The fourth-order valence-corrected chi connectivity index (χ4v) is 4.19. The molecule has 1 N–H and O–H groups in total. The normalized spacial score (nSPS) is 10.9. The summed E-state index contributed by atoms with van der Waals surface area (Å²) in [5, 5.41) is 12.8. The first kappa shape index (κ1) is 20.8. The standard InChI is InChI=1S/C31H26O2/c32-30-20-27-21-31(33-22-25-14-8-3-9-15-25)29(17-24-12-6-2-7-13-24)19-26(27)18-28(30)16-23-10-4-1-5-11-23/h1-15,18-21,32H,16-17,22H2. The monoisotopic (exact) mass is 430 g/mol. The Morgan fingerprint density at radius 1 is 0.515 bits per heavy atom. The minimum absolute atomic E-state index is 0.316. The molecule has 5 aromatic rings. The van der Waals surface area contributed by atoms with E-state index in [1.165, 1.54) is 11.1 Å². The van der Waals surface area contributed by atoms with Gasteiger partial charge in [0.05, 0.1) is 0 Å². The molecule has 0 saturated carbocycles. The average Bonchev–Trinajstić information content (AvgIpc) is 2.85. The van der Waals surface area contributed by atoms with Crippen LogP contribution in [0.5, 0.6) is 11.5 Å². The molecule has 33 heavy (non-hydrogen) atoms. The maximum Gasteiger partial charge on any atom is 0.123 e. The van der Waals surface area contributed by atoms with E-state index >= 15 is 0 Å². The van der Waals surface area contributed by atoms with E-state index in [2.05, 4.69) is 66.7 Å². The van der Waals surface area contributed by atoms with Crippen molar-refractivity contribution in [1.82, 2.24) is 0 Å². The largest absolute Gasteiger partial charge is 0.508 e. The van der Waals surface area contributed by atoms with Gasteiger partial charge in [-0.3, -0.25) is 0 Å². The van der Waals surface area contributed by atoms with Gasteiger partial charge in [0.25, 0.3) is 0 Å². The van der Waals surface area contributed by atoms with Crippen LogP contribution >= 0.6 is 0 Å². The summed E-state index contributed by atoms with van der Waals surface area (Å²) in [4.78, 5) is 0. The van der Waals surface area contributed by atoms with Gasteiger partial charge in [-0.05, 0) is 62.9 Å². The molecule has 0 amide bonds. The fraction of sp³-hybridized carbons (Fsp3) is 0.0968. The molecule has 5 rings (SSSR count). The lowest BCUT2D eigenvalue weighted by atomic mass is 9.96. The lowest BCUT2D eigenvalue weighted by Crippen LogP contribution is -2.00.